The summed E-state index contributed by atoms with van der Waals surface area (Å²) in [6, 6.07) is 0. The van der Waals surface area contributed by atoms with Gasteiger partial charge in [-0.05, 0) is 56.3 Å². The normalized spacial score (nSPS) is 41.1. The van der Waals surface area contributed by atoms with Crippen LogP contribution in [0, 0.1) is 29.6 Å². The zero-order valence-corrected chi connectivity index (χ0v) is 12.2. The van der Waals surface area contributed by atoms with E-state index >= 15 is 0 Å². The fraction of sp³-hybridized carbons (Fsp3) is 0.875. The van der Waals surface area contributed by atoms with Crippen molar-refractivity contribution in [1.82, 2.24) is 4.90 Å². The van der Waals surface area contributed by atoms with Crippen molar-refractivity contribution in [2.75, 3.05) is 13.1 Å². The summed E-state index contributed by atoms with van der Waals surface area (Å²) in [5.74, 6) is -1.12. The molecule has 2 N–H and O–H groups in total. The number of carbonyl (C=O) groups is 2. The number of rotatable bonds is 7. The second kappa shape index (κ2) is 4.45. The van der Waals surface area contributed by atoms with Gasteiger partial charge < -0.3 is 10.2 Å². The van der Waals surface area contributed by atoms with Crippen molar-refractivity contribution in [1.29, 1.82) is 0 Å². The van der Waals surface area contributed by atoms with E-state index in [2.05, 4.69) is 4.90 Å². The number of carboxylic acids is 2. The Morgan fingerprint density at radius 3 is 1.86 bits per heavy atom. The Bertz CT molecular complexity index is 471. The highest BCUT2D eigenvalue weighted by molar-refractivity contribution is 5.83. The standard InChI is InChI=1S/C16H23NO4/c18-14(19)12-6-5-11-13(15(20)21)16(11,12)17(7-9-1-2-9)8-10-3-4-10/h9-13H,1-8H2,(H,18,19)(H,20,21). The van der Waals surface area contributed by atoms with Crippen LogP contribution in [0.1, 0.15) is 38.5 Å². The summed E-state index contributed by atoms with van der Waals surface area (Å²) in [6.45, 7) is 1.83. The molecule has 0 radical (unpaired) electrons. The Hall–Kier alpha value is -1.10. The highest BCUT2D eigenvalue weighted by Crippen LogP contribution is 2.68. The van der Waals surface area contributed by atoms with Gasteiger partial charge in [-0.1, -0.05) is 0 Å². The Labute approximate surface area is 124 Å². The average molecular weight is 293 g/mol. The molecule has 21 heavy (non-hydrogen) atoms. The van der Waals surface area contributed by atoms with Crippen molar-refractivity contribution in [3.8, 4) is 0 Å². The van der Waals surface area contributed by atoms with Crippen molar-refractivity contribution in [2.45, 2.75) is 44.1 Å². The molecule has 0 spiro atoms. The lowest BCUT2D eigenvalue weighted by atomic mass is 9.92. The van der Waals surface area contributed by atoms with Crippen LogP contribution in [-0.4, -0.2) is 45.7 Å². The van der Waals surface area contributed by atoms with E-state index in [1.54, 1.807) is 0 Å². The summed E-state index contributed by atoms with van der Waals surface area (Å²) >= 11 is 0. The van der Waals surface area contributed by atoms with Crippen LogP contribution < -0.4 is 0 Å². The molecule has 0 saturated heterocycles. The third-order valence-electron chi connectivity index (χ3n) is 6.17. The minimum atomic E-state index is -0.794. The van der Waals surface area contributed by atoms with E-state index in [0.717, 1.165) is 19.5 Å². The molecule has 0 aromatic rings. The molecule has 0 amide bonds. The van der Waals surface area contributed by atoms with Gasteiger partial charge in [-0.3, -0.25) is 14.5 Å². The monoisotopic (exact) mass is 293 g/mol. The Balaban J connectivity index is 1.64. The molecule has 0 heterocycles. The molecule has 5 heteroatoms. The summed E-state index contributed by atoms with van der Waals surface area (Å²) in [5.41, 5.74) is -0.567. The topological polar surface area (TPSA) is 77.8 Å². The van der Waals surface area contributed by atoms with Crippen LogP contribution in [0.4, 0.5) is 0 Å². The van der Waals surface area contributed by atoms with E-state index in [-0.39, 0.29) is 5.92 Å². The molecular weight excluding hydrogens is 270 g/mol. The number of carboxylic acid groups (broad SMARTS) is 2. The number of aliphatic carboxylic acids is 2. The predicted molar refractivity (Wildman–Crippen MR) is 74.7 cm³/mol. The van der Waals surface area contributed by atoms with Crippen molar-refractivity contribution >= 4 is 11.9 Å². The summed E-state index contributed by atoms with van der Waals surface area (Å²) < 4.78 is 0. The molecule has 4 fully saturated rings. The molecule has 4 rings (SSSR count). The van der Waals surface area contributed by atoms with E-state index in [1.807, 2.05) is 0 Å². The van der Waals surface area contributed by atoms with Gasteiger partial charge in [-0.15, -0.1) is 0 Å². The quantitative estimate of drug-likeness (QED) is 0.746. The number of hydrogen-bond acceptors (Lipinski definition) is 3. The molecule has 0 bridgehead atoms. The molecule has 0 aromatic carbocycles. The van der Waals surface area contributed by atoms with Gasteiger partial charge in [0, 0.05) is 13.1 Å². The SMILES string of the molecule is O=C(O)C1CCC2C(C(=O)O)C12N(CC1CC1)CC1CC1. The molecule has 0 aromatic heterocycles. The molecule has 4 saturated carbocycles. The van der Waals surface area contributed by atoms with Gasteiger partial charge >= 0.3 is 11.9 Å². The minimum Gasteiger partial charge on any atom is -0.481 e. The Kier molecular flexibility index (Phi) is 2.87. The molecule has 116 valence electrons. The maximum absolute atomic E-state index is 11.7. The lowest BCUT2D eigenvalue weighted by Crippen LogP contribution is -2.49. The zero-order chi connectivity index (χ0) is 14.8. The summed E-state index contributed by atoms with van der Waals surface area (Å²) in [4.78, 5) is 25.7. The van der Waals surface area contributed by atoms with Crippen molar-refractivity contribution in [2.24, 2.45) is 29.6 Å². The zero-order valence-electron chi connectivity index (χ0n) is 12.2. The smallest absolute Gasteiger partial charge is 0.308 e. The van der Waals surface area contributed by atoms with Gasteiger partial charge in [0.05, 0.1) is 17.4 Å². The third-order valence-corrected chi connectivity index (χ3v) is 6.17. The maximum atomic E-state index is 11.7. The molecule has 4 atom stereocenters. The van der Waals surface area contributed by atoms with Crippen LogP contribution in [0.3, 0.4) is 0 Å². The predicted octanol–water partition coefficient (Wildman–Crippen LogP) is 1.67. The molecule has 4 aliphatic carbocycles. The summed E-state index contributed by atoms with van der Waals surface area (Å²) in [7, 11) is 0. The van der Waals surface area contributed by atoms with E-state index in [4.69, 9.17) is 0 Å². The Morgan fingerprint density at radius 1 is 0.905 bits per heavy atom. The highest BCUT2D eigenvalue weighted by Gasteiger charge is 2.78. The van der Waals surface area contributed by atoms with Gasteiger partial charge in [0.2, 0.25) is 0 Å². The number of nitrogens with zero attached hydrogens (tertiary/aromatic N) is 1. The second-order valence-electron chi connectivity index (χ2n) is 7.57. The van der Waals surface area contributed by atoms with Crippen LogP contribution in [0.15, 0.2) is 0 Å². The van der Waals surface area contributed by atoms with Crippen molar-refractivity contribution in [3.05, 3.63) is 0 Å². The van der Waals surface area contributed by atoms with Crippen LogP contribution in [-0.2, 0) is 9.59 Å². The van der Waals surface area contributed by atoms with Gasteiger partial charge in [-0.2, -0.15) is 0 Å². The first-order valence-corrected chi connectivity index (χ1v) is 8.25. The Morgan fingerprint density at radius 2 is 1.48 bits per heavy atom. The first-order valence-electron chi connectivity index (χ1n) is 8.25. The molecule has 4 aliphatic rings. The van der Waals surface area contributed by atoms with Gasteiger partial charge in [0.25, 0.3) is 0 Å². The van der Waals surface area contributed by atoms with Gasteiger partial charge in [0.1, 0.15) is 0 Å². The van der Waals surface area contributed by atoms with Crippen LogP contribution >= 0.6 is 0 Å². The largest absolute Gasteiger partial charge is 0.481 e. The average Bonchev–Trinajstić information content (AvgIpc) is 3.28. The molecular formula is C16H23NO4. The summed E-state index contributed by atoms with van der Waals surface area (Å²) in [5, 5.41) is 19.2. The highest BCUT2D eigenvalue weighted by atomic mass is 16.4. The minimum absolute atomic E-state index is 0.0635. The third kappa shape index (κ3) is 2.00. The second-order valence-corrected chi connectivity index (χ2v) is 7.57. The van der Waals surface area contributed by atoms with E-state index in [1.165, 1.54) is 25.7 Å². The number of fused-ring (bicyclic) bond motifs is 1. The van der Waals surface area contributed by atoms with Gasteiger partial charge in [-0.25, -0.2) is 0 Å². The van der Waals surface area contributed by atoms with Crippen molar-refractivity contribution < 1.29 is 19.8 Å². The maximum Gasteiger partial charge on any atom is 0.308 e. The number of hydrogen-bond donors (Lipinski definition) is 2. The lowest BCUT2D eigenvalue weighted by molar-refractivity contribution is -0.147. The first-order chi connectivity index (χ1) is 10.0. The van der Waals surface area contributed by atoms with Crippen LogP contribution in [0.25, 0.3) is 0 Å². The van der Waals surface area contributed by atoms with E-state index < -0.39 is 29.3 Å². The fourth-order valence-corrected chi connectivity index (χ4v) is 4.87. The lowest BCUT2D eigenvalue weighted by Gasteiger charge is -2.35. The molecule has 5 nitrogen and oxygen atoms in total. The fourth-order valence-electron chi connectivity index (χ4n) is 4.87. The van der Waals surface area contributed by atoms with Crippen molar-refractivity contribution in [3.63, 3.8) is 0 Å². The van der Waals surface area contributed by atoms with E-state index in [9.17, 15) is 19.8 Å². The molecule has 0 aliphatic heterocycles. The molecule has 4 unspecified atom stereocenters. The summed E-state index contributed by atoms with van der Waals surface area (Å²) in [6.07, 6.45) is 6.29. The van der Waals surface area contributed by atoms with Crippen LogP contribution in [0.5, 0.6) is 0 Å². The van der Waals surface area contributed by atoms with Gasteiger partial charge in [0.15, 0.2) is 0 Å². The van der Waals surface area contributed by atoms with Crippen LogP contribution in [0.2, 0.25) is 0 Å². The first kappa shape index (κ1) is 13.6. The van der Waals surface area contributed by atoms with E-state index in [0.29, 0.717) is 18.3 Å².